The summed E-state index contributed by atoms with van der Waals surface area (Å²) in [4.78, 5) is 11.6. The van der Waals surface area contributed by atoms with E-state index < -0.39 is 6.29 Å². The second-order valence-electron chi connectivity index (χ2n) is 8.71. The van der Waals surface area contributed by atoms with Crippen LogP contribution < -0.4 is 9.47 Å². The van der Waals surface area contributed by atoms with Gasteiger partial charge in [-0.1, -0.05) is 0 Å². The lowest BCUT2D eigenvalue weighted by Gasteiger charge is -2.24. The number of benzene rings is 1. The van der Waals surface area contributed by atoms with Crippen molar-refractivity contribution in [3.8, 4) is 11.5 Å². The Morgan fingerprint density at radius 3 is 2.81 bits per heavy atom. The molecule has 31 heavy (non-hydrogen) atoms. The molecule has 2 atom stereocenters. The van der Waals surface area contributed by atoms with Gasteiger partial charge in [0.05, 0.1) is 17.1 Å². The molecule has 5 rings (SSSR count). The fraction of sp³-hybridized carbons (Fsp3) is 0.417. The lowest BCUT2D eigenvalue weighted by molar-refractivity contribution is 0.0315. The maximum atomic E-state index is 10.7. The smallest absolute Gasteiger partial charge is 0.226 e. The van der Waals surface area contributed by atoms with Crippen LogP contribution in [-0.2, 0) is 0 Å². The Morgan fingerprint density at radius 2 is 2.03 bits per heavy atom. The maximum Gasteiger partial charge on any atom is 0.226 e. The highest BCUT2D eigenvalue weighted by atomic mass is 16.6. The SMILES string of the molecule is Cc1cn2cc(C3=Cc4ccc(OC5CCN(C(C)C)C5)cc4OC3O)nc2c(C)n1. The minimum absolute atomic E-state index is 0.179. The number of hydrogen-bond acceptors (Lipinski definition) is 6. The zero-order valence-electron chi connectivity index (χ0n) is 18.4. The van der Waals surface area contributed by atoms with E-state index in [1.54, 1.807) is 0 Å². The van der Waals surface area contributed by atoms with Gasteiger partial charge in [0.15, 0.2) is 5.65 Å². The molecule has 3 aromatic rings. The second-order valence-corrected chi connectivity index (χ2v) is 8.71. The highest BCUT2D eigenvalue weighted by Crippen LogP contribution is 2.36. The van der Waals surface area contributed by atoms with Gasteiger partial charge >= 0.3 is 0 Å². The van der Waals surface area contributed by atoms with Gasteiger partial charge in [-0.2, -0.15) is 0 Å². The van der Waals surface area contributed by atoms with Crippen molar-refractivity contribution in [1.29, 1.82) is 0 Å². The number of aryl methyl sites for hydroxylation is 2. The van der Waals surface area contributed by atoms with Crippen LogP contribution in [0.1, 0.15) is 42.9 Å². The van der Waals surface area contributed by atoms with Crippen LogP contribution in [0.2, 0.25) is 0 Å². The van der Waals surface area contributed by atoms with Crippen molar-refractivity contribution in [2.75, 3.05) is 13.1 Å². The number of aliphatic hydroxyl groups is 1. The van der Waals surface area contributed by atoms with Crippen molar-refractivity contribution in [2.24, 2.45) is 0 Å². The summed E-state index contributed by atoms with van der Waals surface area (Å²) in [6.07, 6.45) is 5.86. The van der Waals surface area contributed by atoms with Crippen LogP contribution in [0.25, 0.3) is 17.3 Å². The molecule has 1 aromatic carbocycles. The van der Waals surface area contributed by atoms with E-state index >= 15 is 0 Å². The molecule has 0 bridgehead atoms. The monoisotopic (exact) mass is 420 g/mol. The Kier molecular flexibility index (Phi) is 4.95. The first-order valence-corrected chi connectivity index (χ1v) is 10.8. The molecule has 0 saturated carbocycles. The van der Waals surface area contributed by atoms with Gasteiger partial charge in [-0.05, 0) is 52.3 Å². The van der Waals surface area contributed by atoms with Crippen molar-refractivity contribution in [3.05, 3.63) is 53.2 Å². The Hall–Kier alpha value is -2.90. The van der Waals surface area contributed by atoms with E-state index in [2.05, 4.69) is 28.7 Å². The first-order chi connectivity index (χ1) is 14.9. The third-order valence-electron chi connectivity index (χ3n) is 6.03. The zero-order chi connectivity index (χ0) is 21.7. The molecular formula is C24H28N4O3. The molecule has 2 unspecified atom stereocenters. The summed E-state index contributed by atoms with van der Waals surface area (Å²) in [6, 6.07) is 6.33. The second kappa shape index (κ2) is 7.66. The molecule has 2 aromatic heterocycles. The average Bonchev–Trinajstić information content (AvgIpc) is 3.34. The molecule has 1 saturated heterocycles. The molecule has 2 aliphatic heterocycles. The van der Waals surface area contributed by atoms with Crippen LogP contribution in [0.5, 0.6) is 11.5 Å². The third kappa shape index (κ3) is 3.79. The Balaban J connectivity index is 1.40. The molecule has 0 radical (unpaired) electrons. The number of nitrogens with zero attached hydrogens (tertiary/aromatic N) is 4. The lowest BCUT2D eigenvalue weighted by atomic mass is 10.0. The normalized spacial score (nSPS) is 21.3. The van der Waals surface area contributed by atoms with Crippen molar-refractivity contribution in [3.63, 3.8) is 0 Å². The highest BCUT2D eigenvalue weighted by molar-refractivity contribution is 5.86. The van der Waals surface area contributed by atoms with Crippen LogP contribution in [0.3, 0.4) is 0 Å². The Morgan fingerprint density at radius 1 is 1.19 bits per heavy atom. The quantitative estimate of drug-likeness (QED) is 0.697. The molecule has 0 spiro atoms. The van der Waals surface area contributed by atoms with E-state index in [4.69, 9.17) is 9.47 Å². The van der Waals surface area contributed by atoms with Crippen molar-refractivity contribution >= 4 is 17.3 Å². The number of aromatic nitrogens is 3. The van der Waals surface area contributed by atoms with Gasteiger partial charge in [0, 0.05) is 48.7 Å². The third-order valence-corrected chi connectivity index (χ3v) is 6.03. The number of imidazole rings is 1. The minimum atomic E-state index is -1.09. The molecular weight excluding hydrogens is 392 g/mol. The van der Waals surface area contributed by atoms with Crippen LogP contribution in [0.15, 0.2) is 30.6 Å². The van der Waals surface area contributed by atoms with Gasteiger partial charge in [-0.25, -0.2) is 4.98 Å². The van der Waals surface area contributed by atoms with E-state index in [1.165, 1.54) is 0 Å². The van der Waals surface area contributed by atoms with Crippen LogP contribution in [0, 0.1) is 13.8 Å². The number of fused-ring (bicyclic) bond motifs is 2. The van der Waals surface area contributed by atoms with Crippen molar-refractivity contribution < 1.29 is 14.6 Å². The summed E-state index contributed by atoms with van der Waals surface area (Å²) in [6.45, 7) is 10.3. The number of rotatable bonds is 4. The summed E-state index contributed by atoms with van der Waals surface area (Å²) < 4.78 is 14.0. The summed E-state index contributed by atoms with van der Waals surface area (Å²) >= 11 is 0. The first-order valence-electron chi connectivity index (χ1n) is 10.8. The number of likely N-dealkylation sites (tertiary alicyclic amines) is 1. The average molecular weight is 421 g/mol. The molecule has 1 fully saturated rings. The van der Waals surface area contributed by atoms with Gasteiger partial charge in [0.25, 0.3) is 0 Å². The molecule has 7 heteroatoms. The molecule has 4 heterocycles. The Labute approximate surface area is 182 Å². The standard InChI is InChI=1S/C24H28N4O3/c1-14(2)27-8-7-19(12-27)30-18-6-5-17-9-20(24(29)31-22(17)10-18)21-13-28-11-15(3)25-16(4)23(28)26-21/h5-6,9-11,13-14,19,24,29H,7-8,12H2,1-4H3. The molecule has 7 nitrogen and oxygen atoms in total. The fourth-order valence-electron chi connectivity index (χ4n) is 4.39. The van der Waals surface area contributed by atoms with E-state index in [1.807, 2.05) is 54.9 Å². The predicted octanol–water partition coefficient (Wildman–Crippen LogP) is 3.46. The van der Waals surface area contributed by atoms with E-state index in [0.29, 0.717) is 23.1 Å². The molecule has 162 valence electrons. The maximum absolute atomic E-state index is 10.7. The van der Waals surface area contributed by atoms with Gasteiger partial charge in [-0.3, -0.25) is 9.88 Å². The topological polar surface area (TPSA) is 72.1 Å². The number of ether oxygens (including phenoxy) is 2. The summed E-state index contributed by atoms with van der Waals surface area (Å²) in [5, 5.41) is 10.7. The predicted molar refractivity (Wildman–Crippen MR) is 119 cm³/mol. The largest absolute Gasteiger partial charge is 0.489 e. The van der Waals surface area contributed by atoms with E-state index in [9.17, 15) is 5.11 Å². The summed E-state index contributed by atoms with van der Waals surface area (Å²) in [7, 11) is 0. The van der Waals surface area contributed by atoms with Crippen LogP contribution >= 0.6 is 0 Å². The minimum Gasteiger partial charge on any atom is -0.489 e. The molecule has 2 aliphatic rings. The van der Waals surface area contributed by atoms with E-state index in [0.717, 1.165) is 47.9 Å². The zero-order valence-corrected chi connectivity index (χ0v) is 18.4. The van der Waals surface area contributed by atoms with Crippen molar-refractivity contribution in [1.82, 2.24) is 19.3 Å². The summed E-state index contributed by atoms with van der Waals surface area (Å²) in [5.74, 6) is 1.38. The highest BCUT2D eigenvalue weighted by Gasteiger charge is 2.27. The first kappa shape index (κ1) is 20.0. The van der Waals surface area contributed by atoms with Gasteiger partial charge in [-0.15, -0.1) is 0 Å². The molecule has 1 N–H and O–H groups in total. The van der Waals surface area contributed by atoms with Gasteiger partial charge in [0.2, 0.25) is 6.29 Å². The molecule has 0 aliphatic carbocycles. The van der Waals surface area contributed by atoms with Crippen LogP contribution in [-0.4, -0.2) is 55.9 Å². The van der Waals surface area contributed by atoms with Gasteiger partial charge in [0.1, 0.15) is 17.6 Å². The van der Waals surface area contributed by atoms with E-state index in [-0.39, 0.29) is 6.10 Å². The molecule has 0 amide bonds. The number of aliphatic hydroxyl groups excluding tert-OH is 1. The Bertz CT molecular complexity index is 1170. The van der Waals surface area contributed by atoms with Crippen molar-refractivity contribution in [2.45, 2.75) is 52.6 Å². The van der Waals surface area contributed by atoms with Crippen LogP contribution in [0.4, 0.5) is 0 Å². The number of hydrogen-bond donors (Lipinski definition) is 1. The van der Waals surface area contributed by atoms with Gasteiger partial charge < -0.3 is 19.0 Å². The summed E-state index contributed by atoms with van der Waals surface area (Å²) in [5.41, 5.74) is 4.74. The lowest BCUT2D eigenvalue weighted by Crippen LogP contribution is -2.30. The fourth-order valence-corrected chi connectivity index (χ4v) is 4.39.